The fourth-order valence-corrected chi connectivity index (χ4v) is 2.29. The first-order valence-corrected chi connectivity index (χ1v) is 7.92. The molecule has 0 heterocycles. The van der Waals surface area contributed by atoms with Gasteiger partial charge in [0.25, 0.3) is 0 Å². The molecule has 2 N–H and O–H groups in total. The Hall–Kier alpha value is -2.60. The van der Waals surface area contributed by atoms with E-state index in [0.717, 1.165) is 5.69 Å². The van der Waals surface area contributed by atoms with Crippen molar-refractivity contribution >= 4 is 29.2 Å². The number of thiocarbonyl (C=S) groups is 1. The highest BCUT2D eigenvalue weighted by Gasteiger charge is 2.05. The molecule has 0 unspecified atom stereocenters. The van der Waals surface area contributed by atoms with E-state index in [2.05, 4.69) is 34.9 Å². The minimum atomic E-state index is 0.197. The summed E-state index contributed by atoms with van der Waals surface area (Å²) in [5.41, 5.74) is 4.80. The maximum absolute atomic E-state index is 5.26. The van der Waals surface area contributed by atoms with Crippen molar-refractivity contribution in [2.75, 3.05) is 19.5 Å². The van der Waals surface area contributed by atoms with Crippen LogP contribution in [-0.4, -0.2) is 25.5 Å². The van der Waals surface area contributed by atoms with Gasteiger partial charge in [-0.15, -0.1) is 0 Å². The molecule has 0 aromatic heterocycles. The summed E-state index contributed by atoms with van der Waals surface area (Å²) in [6, 6.07) is 15.6. The largest absolute Gasteiger partial charge is 0.493 e. The Morgan fingerprint density at radius 3 is 2.46 bits per heavy atom. The van der Waals surface area contributed by atoms with Crippen molar-refractivity contribution in [3.05, 3.63) is 54.1 Å². The molecule has 0 spiro atoms. The van der Waals surface area contributed by atoms with E-state index in [9.17, 15) is 0 Å². The lowest BCUT2D eigenvalue weighted by atomic mass is 10.0. The van der Waals surface area contributed by atoms with Gasteiger partial charge >= 0.3 is 0 Å². The molecule has 0 aliphatic carbocycles. The standard InChI is InChI=1S/C18H21N3O2S/c1-13(14-7-5-4-6-8-14)12-19-21-18(24)20-15-9-10-16(22-2)17(11-15)23-3/h4-13H,1-3H3,(H2,20,21,24)/b19-12-/t13-/m0/s1. The summed E-state index contributed by atoms with van der Waals surface area (Å²) in [6.45, 7) is 2.07. The van der Waals surface area contributed by atoms with Crippen LogP contribution in [0.25, 0.3) is 0 Å². The number of nitrogens with zero attached hydrogens (tertiary/aromatic N) is 1. The number of nitrogens with one attached hydrogen (secondary N) is 2. The Bertz CT molecular complexity index is 705. The monoisotopic (exact) mass is 343 g/mol. The Morgan fingerprint density at radius 2 is 1.79 bits per heavy atom. The summed E-state index contributed by atoms with van der Waals surface area (Å²) in [5.74, 6) is 1.49. The molecule has 0 saturated heterocycles. The van der Waals surface area contributed by atoms with Crippen LogP contribution in [0.2, 0.25) is 0 Å². The molecule has 5 nitrogen and oxygen atoms in total. The summed E-state index contributed by atoms with van der Waals surface area (Å²) >= 11 is 5.24. The molecule has 24 heavy (non-hydrogen) atoms. The number of hydrogen-bond acceptors (Lipinski definition) is 4. The second kappa shape index (κ2) is 8.88. The SMILES string of the molecule is COc1ccc(NC(=S)N/N=C\[C@H](C)c2ccccc2)cc1OC. The zero-order chi connectivity index (χ0) is 17.4. The van der Waals surface area contributed by atoms with E-state index in [1.54, 1.807) is 14.2 Å². The number of anilines is 1. The van der Waals surface area contributed by atoms with Crippen molar-refractivity contribution in [2.45, 2.75) is 12.8 Å². The first kappa shape index (κ1) is 17.7. The zero-order valence-corrected chi connectivity index (χ0v) is 14.8. The van der Waals surface area contributed by atoms with Crippen LogP contribution in [0.1, 0.15) is 18.4 Å². The number of rotatable bonds is 6. The van der Waals surface area contributed by atoms with Gasteiger partial charge in [-0.1, -0.05) is 37.3 Å². The molecule has 1 atom stereocenters. The third-order valence-corrected chi connectivity index (χ3v) is 3.62. The van der Waals surface area contributed by atoms with Gasteiger partial charge in [-0.3, -0.25) is 5.43 Å². The van der Waals surface area contributed by atoms with Crippen LogP contribution in [0.3, 0.4) is 0 Å². The number of methoxy groups -OCH3 is 2. The van der Waals surface area contributed by atoms with Gasteiger partial charge in [0.2, 0.25) is 0 Å². The van der Waals surface area contributed by atoms with Gasteiger partial charge in [0.15, 0.2) is 16.6 Å². The second-order valence-corrected chi connectivity index (χ2v) is 5.52. The fourth-order valence-electron chi connectivity index (χ4n) is 2.12. The summed E-state index contributed by atoms with van der Waals surface area (Å²) in [4.78, 5) is 0. The first-order chi connectivity index (χ1) is 11.6. The minimum Gasteiger partial charge on any atom is -0.493 e. The third kappa shape index (κ3) is 4.96. The highest BCUT2D eigenvalue weighted by atomic mass is 32.1. The molecule has 0 saturated carbocycles. The zero-order valence-electron chi connectivity index (χ0n) is 13.9. The molecule has 2 aromatic carbocycles. The molecule has 126 valence electrons. The lowest BCUT2D eigenvalue weighted by Crippen LogP contribution is -2.24. The Morgan fingerprint density at radius 1 is 1.08 bits per heavy atom. The summed E-state index contributed by atoms with van der Waals surface area (Å²) in [6.07, 6.45) is 1.82. The van der Waals surface area contributed by atoms with Gasteiger partial charge < -0.3 is 14.8 Å². The molecule has 0 aliphatic rings. The molecular weight excluding hydrogens is 322 g/mol. The van der Waals surface area contributed by atoms with Crippen molar-refractivity contribution in [3.8, 4) is 11.5 Å². The van der Waals surface area contributed by atoms with E-state index < -0.39 is 0 Å². The van der Waals surface area contributed by atoms with E-state index in [1.807, 2.05) is 42.6 Å². The second-order valence-electron chi connectivity index (χ2n) is 5.11. The number of ether oxygens (including phenoxy) is 2. The lowest BCUT2D eigenvalue weighted by molar-refractivity contribution is 0.355. The number of benzene rings is 2. The summed E-state index contributed by atoms with van der Waals surface area (Å²) in [7, 11) is 3.19. The van der Waals surface area contributed by atoms with E-state index in [4.69, 9.17) is 21.7 Å². The van der Waals surface area contributed by atoms with Gasteiger partial charge in [-0.25, -0.2) is 0 Å². The van der Waals surface area contributed by atoms with Gasteiger partial charge in [-0.05, 0) is 29.9 Å². The van der Waals surface area contributed by atoms with Crippen LogP contribution in [0.4, 0.5) is 5.69 Å². The van der Waals surface area contributed by atoms with Gasteiger partial charge in [0, 0.05) is 23.9 Å². The maximum Gasteiger partial charge on any atom is 0.191 e. The minimum absolute atomic E-state index is 0.197. The summed E-state index contributed by atoms with van der Waals surface area (Å²) in [5, 5.41) is 7.64. The van der Waals surface area contributed by atoms with Crippen molar-refractivity contribution in [2.24, 2.45) is 5.10 Å². The van der Waals surface area contributed by atoms with Crippen LogP contribution >= 0.6 is 12.2 Å². The fraction of sp³-hybridized carbons (Fsp3) is 0.222. The highest BCUT2D eigenvalue weighted by Crippen LogP contribution is 2.29. The molecule has 0 fully saturated rings. The van der Waals surface area contributed by atoms with Crippen molar-refractivity contribution in [1.82, 2.24) is 5.43 Å². The molecule has 0 radical (unpaired) electrons. The van der Waals surface area contributed by atoms with Gasteiger partial charge in [0.1, 0.15) is 0 Å². The topological polar surface area (TPSA) is 54.9 Å². The quantitative estimate of drug-likeness (QED) is 0.475. The molecule has 0 aliphatic heterocycles. The molecular formula is C18H21N3O2S. The van der Waals surface area contributed by atoms with Gasteiger partial charge in [-0.2, -0.15) is 5.10 Å². The predicted octanol–water partition coefficient (Wildman–Crippen LogP) is 3.78. The summed E-state index contributed by atoms with van der Waals surface area (Å²) < 4.78 is 10.5. The molecule has 0 amide bonds. The first-order valence-electron chi connectivity index (χ1n) is 7.51. The lowest BCUT2D eigenvalue weighted by Gasteiger charge is -2.11. The van der Waals surface area contributed by atoms with E-state index in [-0.39, 0.29) is 5.92 Å². The number of hydrazone groups is 1. The van der Waals surface area contributed by atoms with Crippen molar-refractivity contribution in [3.63, 3.8) is 0 Å². The third-order valence-electron chi connectivity index (χ3n) is 3.43. The predicted molar refractivity (Wildman–Crippen MR) is 102 cm³/mol. The molecule has 6 heteroatoms. The molecule has 2 rings (SSSR count). The van der Waals surface area contributed by atoms with E-state index >= 15 is 0 Å². The van der Waals surface area contributed by atoms with Gasteiger partial charge in [0.05, 0.1) is 14.2 Å². The van der Waals surface area contributed by atoms with Crippen LogP contribution in [-0.2, 0) is 0 Å². The van der Waals surface area contributed by atoms with Crippen LogP contribution < -0.4 is 20.2 Å². The van der Waals surface area contributed by atoms with Crippen LogP contribution in [0.15, 0.2) is 53.6 Å². The average molecular weight is 343 g/mol. The highest BCUT2D eigenvalue weighted by molar-refractivity contribution is 7.80. The van der Waals surface area contributed by atoms with Crippen LogP contribution in [0, 0.1) is 0 Å². The molecule has 2 aromatic rings. The van der Waals surface area contributed by atoms with E-state index in [0.29, 0.717) is 16.6 Å². The Balaban J connectivity index is 1.90. The van der Waals surface area contributed by atoms with E-state index in [1.165, 1.54) is 5.56 Å². The number of hydrogen-bond donors (Lipinski definition) is 2. The molecule has 0 bridgehead atoms. The van der Waals surface area contributed by atoms with Crippen molar-refractivity contribution in [1.29, 1.82) is 0 Å². The smallest absolute Gasteiger partial charge is 0.191 e. The normalized spacial score (nSPS) is 11.8. The Kier molecular flexibility index (Phi) is 6.57. The maximum atomic E-state index is 5.26. The Labute approximate surface area is 147 Å². The van der Waals surface area contributed by atoms with Crippen molar-refractivity contribution < 1.29 is 9.47 Å². The van der Waals surface area contributed by atoms with Crippen LogP contribution in [0.5, 0.6) is 11.5 Å². The average Bonchev–Trinajstić information content (AvgIpc) is 2.62.